The second-order valence-corrected chi connectivity index (χ2v) is 24.4. The number of carbonyl (C=O) groups excluding carboxylic acids is 8. The summed E-state index contributed by atoms with van der Waals surface area (Å²) >= 11 is 1.56. The molecule has 0 radical (unpaired) electrons. The van der Waals surface area contributed by atoms with E-state index in [0.29, 0.717) is 44.9 Å². The molecule has 24 nitrogen and oxygen atoms in total. The highest BCUT2D eigenvalue weighted by molar-refractivity contribution is 7.98. The fourth-order valence-corrected chi connectivity index (χ4v) is 7.58. The van der Waals surface area contributed by atoms with E-state index < -0.39 is 71.0 Å². The summed E-state index contributed by atoms with van der Waals surface area (Å²) in [5.74, 6) is -0.222. The number of amides is 7. The fraction of sp³-hybridized carbons (Fsp3) is 0.849. The van der Waals surface area contributed by atoms with Crippen molar-refractivity contribution >= 4 is 60.2 Å². The van der Waals surface area contributed by atoms with Gasteiger partial charge in [0, 0.05) is 105 Å². The zero-order valence-corrected chi connectivity index (χ0v) is 51.4. The molecule has 2 fully saturated rings. The Labute approximate surface area is 469 Å². The average molecular weight is 1130 g/mol. The average Bonchev–Trinajstić information content (AvgIpc) is 3.26. The number of hydrogen-bond donors (Lipinski definition) is 2. The molecule has 25 heteroatoms. The van der Waals surface area contributed by atoms with E-state index in [1.165, 1.54) is 19.6 Å². The molecule has 7 amide bonds. The van der Waals surface area contributed by atoms with E-state index >= 15 is 0 Å². The van der Waals surface area contributed by atoms with Crippen LogP contribution in [0.1, 0.15) is 124 Å². The lowest BCUT2D eigenvalue weighted by Crippen LogP contribution is -2.52. The topological polar surface area (TPSA) is 248 Å². The smallest absolute Gasteiger partial charge is 0.410 e. The number of thioether (sulfide) groups is 1. The van der Waals surface area contributed by atoms with E-state index in [9.17, 15) is 38.4 Å². The minimum absolute atomic E-state index is 0.0889. The number of carbonyl (C=O) groups is 8. The second kappa shape index (κ2) is 34.1. The van der Waals surface area contributed by atoms with Crippen molar-refractivity contribution in [1.29, 1.82) is 0 Å². The molecular formula is C53H99N9O15S. The van der Waals surface area contributed by atoms with Crippen LogP contribution in [-0.4, -0.2) is 253 Å². The van der Waals surface area contributed by atoms with Gasteiger partial charge in [-0.05, 0) is 136 Å². The first-order valence-electron chi connectivity index (χ1n) is 27.2. The van der Waals surface area contributed by atoms with Crippen LogP contribution in [-0.2, 0) is 42.7 Å². The maximum atomic E-state index is 13.2. The number of hydrogen-bond acceptors (Lipinski definition) is 18. The van der Waals surface area contributed by atoms with Crippen LogP contribution < -0.4 is 10.6 Å². The lowest BCUT2D eigenvalue weighted by Gasteiger charge is -2.35. The highest BCUT2D eigenvalue weighted by Crippen LogP contribution is 2.16. The van der Waals surface area contributed by atoms with E-state index in [2.05, 4.69) is 10.6 Å². The molecule has 0 aromatic heterocycles. The first-order chi connectivity index (χ1) is 36.0. The van der Waals surface area contributed by atoms with E-state index in [1.807, 2.05) is 31.9 Å². The van der Waals surface area contributed by atoms with E-state index in [0.717, 1.165) is 0 Å². The van der Waals surface area contributed by atoms with Crippen molar-refractivity contribution in [1.82, 2.24) is 44.9 Å². The number of nitrogens with one attached hydrogen (secondary N) is 2. The second-order valence-electron chi connectivity index (χ2n) is 23.4. The van der Waals surface area contributed by atoms with Crippen molar-refractivity contribution in [2.45, 2.75) is 165 Å². The number of rotatable bonds is 10. The van der Waals surface area contributed by atoms with Crippen LogP contribution in [0.4, 0.5) is 28.8 Å². The molecular weight excluding hydrogens is 1030 g/mol. The summed E-state index contributed by atoms with van der Waals surface area (Å²) in [6.45, 7) is 34.7. The Kier molecular flexibility index (Phi) is 31.0. The number of nitrogens with zero attached hydrogens (tertiary/aromatic N) is 7. The lowest BCUT2D eigenvalue weighted by molar-refractivity contribution is -0.147. The summed E-state index contributed by atoms with van der Waals surface area (Å²) in [6, 6.07) is -0.790. The number of ether oxygens (including phenoxy) is 7. The Morgan fingerprint density at radius 3 is 1.06 bits per heavy atom. The van der Waals surface area contributed by atoms with Crippen LogP contribution in [0.3, 0.4) is 0 Å². The van der Waals surface area contributed by atoms with Crippen LogP contribution >= 0.6 is 11.8 Å². The van der Waals surface area contributed by atoms with Gasteiger partial charge in [-0.3, -0.25) is 9.69 Å². The highest BCUT2D eigenvalue weighted by Gasteiger charge is 2.32. The first-order valence-corrected chi connectivity index (χ1v) is 28.6. The normalized spacial score (nSPS) is 16.9. The van der Waals surface area contributed by atoms with Crippen LogP contribution in [0.15, 0.2) is 0 Å². The minimum Gasteiger partial charge on any atom is -0.464 e. The summed E-state index contributed by atoms with van der Waals surface area (Å²) in [6.07, 6.45) is -1.27. The van der Waals surface area contributed by atoms with E-state index in [1.54, 1.807) is 118 Å². The van der Waals surface area contributed by atoms with Crippen LogP contribution in [0.5, 0.6) is 0 Å². The Morgan fingerprint density at radius 2 is 0.769 bits per heavy atom. The Balaban J connectivity index is 0.000000832. The SMILES string of the molecule is CC(C)OC(=O)N1CCNCCN(C(=O)OC(C)(C)C)CCN(C(=O)OC(C)(C)C)CC1.CCOC(=O)C(CCSC)NC(=O)CN1CCN(C(=O)OC(C)C)CCN(C(=O)OC(C)(C)C)CCN(C(=O)OC(C)(C)C)CC1. The highest BCUT2D eigenvalue weighted by atomic mass is 32.2. The van der Waals surface area contributed by atoms with Crippen LogP contribution in [0, 0.1) is 0 Å². The van der Waals surface area contributed by atoms with Gasteiger partial charge in [0.2, 0.25) is 5.91 Å². The van der Waals surface area contributed by atoms with Gasteiger partial charge in [0.1, 0.15) is 28.4 Å². The van der Waals surface area contributed by atoms with Crippen LogP contribution in [0.2, 0.25) is 0 Å². The van der Waals surface area contributed by atoms with Crippen molar-refractivity contribution < 1.29 is 71.5 Å². The van der Waals surface area contributed by atoms with Gasteiger partial charge in [-0.1, -0.05) is 0 Å². The predicted molar refractivity (Wildman–Crippen MR) is 298 cm³/mol. The van der Waals surface area contributed by atoms with Gasteiger partial charge in [0.25, 0.3) is 0 Å². The Morgan fingerprint density at radius 1 is 0.474 bits per heavy atom. The molecule has 2 rings (SSSR count). The van der Waals surface area contributed by atoms with E-state index in [-0.39, 0.29) is 103 Å². The summed E-state index contributed by atoms with van der Waals surface area (Å²) in [4.78, 5) is 114. The van der Waals surface area contributed by atoms with Gasteiger partial charge in [0.05, 0.1) is 25.4 Å². The van der Waals surface area contributed by atoms with Gasteiger partial charge in [-0.25, -0.2) is 33.6 Å². The largest absolute Gasteiger partial charge is 0.464 e. The van der Waals surface area contributed by atoms with Gasteiger partial charge in [-0.2, -0.15) is 11.8 Å². The lowest BCUT2D eigenvalue weighted by atomic mass is 10.2. The third-order valence-corrected chi connectivity index (χ3v) is 11.4. The van der Waals surface area contributed by atoms with Gasteiger partial charge < -0.3 is 73.2 Å². The first kappa shape index (κ1) is 70.8. The Hall–Kier alpha value is -5.17. The molecule has 0 aromatic carbocycles. The molecule has 452 valence electrons. The van der Waals surface area contributed by atoms with E-state index in [4.69, 9.17) is 33.2 Å². The molecule has 2 aliphatic heterocycles. The maximum Gasteiger partial charge on any atom is 0.410 e. The molecule has 0 saturated carbocycles. The monoisotopic (exact) mass is 1130 g/mol. The minimum atomic E-state index is -0.790. The third kappa shape index (κ3) is 32.0. The number of esters is 1. The molecule has 0 aromatic rings. The molecule has 0 bridgehead atoms. The summed E-state index contributed by atoms with van der Waals surface area (Å²) in [7, 11) is 0. The fourth-order valence-electron chi connectivity index (χ4n) is 7.11. The summed E-state index contributed by atoms with van der Waals surface area (Å²) < 4.78 is 38.3. The predicted octanol–water partition coefficient (Wildman–Crippen LogP) is 6.34. The van der Waals surface area contributed by atoms with Crippen molar-refractivity contribution in [3.8, 4) is 0 Å². The standard InChI is InChI=1S/C31H57N5O9S.C22H42N4O6/c1-11-42-26(38)24(12-21-46-10)32-25(37)22-33-13-15-34(27(39)43-23(2)3)17-18-36(29(41)45-31(7,8)9)20-19-35(16-14-33)28(40)44-30(4,5)6;1-17(2)30-18(27)24-11-9-23-10-12-25(19(28)31-21(3,4)5)14-16-26(15-13-24)20(29)32-22(6,7)8/h23-24H,11-22H2,1-10H3,(H,32,37);17,23H,9-16H2,1-8H3. The maximum absolute atomic E-state index is 13.2. The molecule has 0 aliphatic carbocycles. The van der Waals surface area contributed by atoms with Crippen molar-refractivity contribution in [2.75, 3.05) is 130 Å². The van der Waals surface area contributed by atoms with Crippen LogP contribution in [0.25, 0.3) is 0 Å². The van der Waals surface area contributed by atoms with Crippen molar-refractivity contribution in [3.63, 3.8) is 0 Å². The molecule has 1 unspecified atom stereocenters. The van der Waals surface area contributed by atoms with Gasteiger partial charge in [-0.15, -0.1) is 0 Å². The zero-order chi connectivity index (χ0) is 59.6. The van der Waals surface area contributed by atoms with Crippen molar-refractivity contribution in [3.05, 3.63) is 0 Å². The third-order valence-electron chi connectivity index (χ3n) is 10.7. The molecule has 78 heavy (non-hydrogen) atoms. The zero-order valence-electron chi connectivity index (χ0n) is 50.5. The molecule has 2 aliphatic rings. The Bertz CT molecular complexity index is 1890. The van der Waals surface area contributed by atoms with Crippen molar-refractivity contribution in [2.24, 2.45) is 0 Å². The molecule has 2 heterocycles. The van der Waals surface area contributed by atoms with Gasteiger partial charge >= 0.3 is 42.5 Å². The summed E-state index contributed by atoms with van der Waals surface area (Å²) in [5, 5.41) is 6.04. The quantitative estimate of drug-likeness (QED) is 0.179. The molecule has 2 N–H and O–H groups in total. The molecule has 2 saturated heterocycles. The summed E-state index contributed by atoms with van der Waals surface area (Å²) in [5.41, 5.74) is -2.77. The van der Waals surface area contributed by atoms with Gasteiger partial charge in [0.15, 0.2) is 0 Å². The molecule has 0 spiro atoms. The molecule has 1 atom stereocenters.